The number of amides is 1. The average Bonchev–Trinajstić information content (AvgIpc) is 2.42. The fourth-order valence-electron chi connectivity index (χ4n) is 2.04. The van der Waals surface area contributed by atoms with Gasteiger partial charge in [0.05, 0.1) is 17.4 Å². The van der Waals surface area contributed by atoms with Crippen molar-refractivity contribution in [1.29, 1.82) is 0 Å². The molecule has 1 heterocycles. The van der Waals surface area contributed by atoms with E-state index in [1.807, 2.05) is 12.1 Å². The number of hydrogen-bond donors (Lipinski definition) is 3. The molecule has 1 amide bonds. The first-order valence-corrected chi connectivity index (χ1v) is 6.64. The lowest BCUT2D eigenvalue weighted by molar-refractivity contribution is 0.0945. The number of fused-ring (bicyclic) bond motifs is 1. The molecule has 1 aliphatic heterocycles. The van der Waals surface area contributed by atoms with Gasteiger partial charge in [0.1, 0.15) is 6.61 Å². The number of rotatable bonds is 5. The minimum Gasteiger partial charge on any atom is -0.489 e. The van der Waals surface area contributed by atoms with Crippen LogP contribution in [0.25, 0.3) is 0 Å². The molecule has 0 aromatic heterocycles. The predicted molar refractivity (Wildman–Crippen MR) is 73.7 cm³/mol. The summed E-state index contributed by atoms with van der Waals surface area (Å²) in [6.07, 6.45) is 1.12. The third-order valence-electron chi connectivity index (χ3n) is 3.01. The third-order valence-corrected chi connectivity index (χ3v) is 3.01. The van der Waals surface area contributed by atoms with Crippen LogP contribution >= 0.6 is 0 Å². The monoisotopic (exact) mass is 264 g/mol. The molecule has 0 saturated heterocycles. The molecule has 19 heavy (non-hydrogen) atoms. The maximum Gasteiger partial charge on any atom is 0.255 e. The minimum absolute atomic E-state index is 0.133. The van der Waals surface area contributed by atoms with Crippen molar-refractivity contribution in [2.75, 3.05) is 25.0 Å². The first kappa shape index (κ1) is 13.7. The van der Waals surface area contributed by atoms with Gasteiger partial charge in [-0.25, -0.2) is 0 Å². The van der Waals surface area contributed by atoms with Gasteiger partial charge in [0.25, 0.3) is 5.91 Å². The van der Waals surface area contributed by atoms with E-state index in [1.165, 1.54) is 0 Å². The summed E-state index contributed by atoms with van der Waals surface area (Å²) in [5.74, 6) is 0.493. The molecule has 1 aliphatic rings. The number of nitrogens with one attached hydrogen (secondary N) is 2. The van der Waals surface area contributed by atoms with Crippen LogP contribution in [0.5, 0.6) is 5.75 Å². The molecule has 0 spiro atoms. The Morgan fingerprint density at radius 3 is 3.21 bits per heavy atom. The summed E-state index contributed by atoms with van der Waals surface area (Å²) < 4.78 is 5.56. The van der Waals surface area contributed by atoms with Crippen LogP contribution in [-0.4, -0.2) is 36.8 Å². The van der Waals surface area contributed by atoms with Gasteiger partial charge in [0.15, 0.2) is 5.75 Å². The lowest BCUT2D eigenvalue weighted by Gasteiger charge is -2.21. The molecule has 5 nitrogen and oxygen atoms in total. The maximum atomic E-state index is 12.1. The van der Waals surface area contributed by atoms with Gasteiger partial charge in [-0.1, -0.05) is 6.07 Å². The van der Waals surface area contributed by atoms with E-state index in [1.54, 1.807) is 13.0 Å². The zero-order valence-corrected chi connectivity index (χ0v) is 11.1. The number of aliphatic hydroxyl groups excluding tert-OH is 1. The van der Waals surface area contributed by atoms with Crippen molar-refractivity contribution >= 4 is 11.6 Å². The van der Waals surface area contributed by atoms with Crippen LogP contribution in [0.15, 0.2) is 18.2 Å². The summed E-state index contributed by atoms with van der Waals surface area (Å²) >= 11 is 0. The zero-order valence-electron chi connectivity index (χ0n) is 11.1. The topological polar surface area (TPSA) is 70.6 Å². The highest BCUT2D eigenvalue weighted by Gasteiger charge is 2.18. The van der Waals surface area contributed by atoms with E-state index in [0.29, 0.717) is 30.9 Å². The summed E-state index contributed by atoms with van der Waals surface area (Å²) in [6.45, 7) is 3.63. The van der Waals surface area contributed by atoms with Crippen LogP contribution in [0.1, 0.15) is 30.1 Å². The second-order valence-corrected chi connectivity index (χ2v) is 4.70. The third kappa shape index (κ3) is 3.61. The Morgan fingerprint density at radius 1 is 1.58 bits per heavy atom. The highest BCUT2D eigenvalue weighted by atomic mass is 16.5. The second-order valence-electron chi connectivity index (χ2n) is 4.70. The second kappa shape index (κ2) is 6.43. The molecule has 1 aromatic carbocycles. The highest BCUT2D eigenvalue weighted by Crippen LogP contribution is 2.30. The smallest absolute Gasteiger partial charge is 0.255 e. The van der Waals surface area contributed by atoms with Crippen molar-refractivity contribution in [3.8, 4) is 5.75 Å². The molecule has 5 heteroatoms. The fourth-order valence-corrected chi connectivity index (χ4v) is 2.04. The summed E-state index contributed by atoms with van der Waals surface area (Å²) in [5, 5.41) is 15.2. The Kier molecular flexibility index (Phi) is 4.63. The Hall–Kier alpha value is -1.75. The SMILES string of the molecule is CC(O)CCCNC(=O)c1cccc2c1OCCN2. The molecule has 0 aliphatic carbocycles. The Labute approximate surface area is 113 Å². The summed E-state index contributed by atoms with van der Waals surface area (Å²) in [6, 6.07) is 5.50. The number of anilines is 1. The van der Waals surface area contributed by atoms with Gasteiger partial charge in [-0.15, -0.1) is 0 Å². The number of aliphatic hydroxyl groups is 1. The summed E-state index contributed by atoms with van der Waals surface area (Å²) in [5.41, 5.74) is 1.42. The van der Waals surface area contributed by atoms with E-state index in [-0.39, 0.29) is 12.0 Å². The molecule has 1 aromatic rings. The van der Waals surface area contributed by atoms with Gasteiger partial charge in [-0.3, -0.25) is 4.79 Å². The first-order valence-electron chi connectivity index (χ1n) is 6.64. The van der Waals surface area contributed by atoms with Gasteiger partial charge in [-0.05, 0) is 31.9 Å². The van der Waals surface area contributed by atoms with Gasteiger partial charge in [0.2, 0.25) is 0 Å². The summed E-state index contributed by atoms with van der Waals surface area (Å²) in [7, 11) is 0. The number of benzene rings is 1. The molecule has 2 rings (SSSR count). The van der Waals surface area contributed by atoms with Crippen LogP contribution in [0.2, 0.25) is 0 Å². The van der Waals surface area contributed by atoms with Crippen molar-refractivity contribution in [2.24, 2.45) is 0 Å². The van der Waals surface area contributed by atoms with Crippen molar-refractivity contribution in [3.63, 3.8) is 0 Å². The highest BCUT2D eigenvalue weighted by molar-refractivity contribution is 5.98. The normalized spacial score (nSPS) is 14.8. The first-order chi connectivity index (χ1) is 9.18. The van der Waals surface area contributed by atoms with Gasteiger partial charge in [-0.2, -0.15) is 0 Å². The standard InChI is InChI=1S/C14H20N2O3/c1-10(17)4-3-7-16-14(18)11-5-2-6-12-13(11)19-9-8-15-12/h2,5-6,10,15,17H,3-4,7-9H2,1H3,(H,16,18). The maximum absolute atomic E-state index is 12.1. The molecule has 3 N–H and O–H groups in total. The van der Waals surface area contributed by atoms with Gasteiger partial charge in [0, 0.05) is 13.1 Å². The largest absolute Gasteiger partial charge is 0.489 e. The Morgan fingerprint density at radius 2 is 2.42 bits per heavy atom. The van der Waals surface area contributed by atoms with E-state index >= 15 is 0 Å². The Balaban J connectivity index is 1.95. The van der Waals surface area contributed by atoms with Crippen LogP contribution in [0.4, 0.5) is 5.69 Å². The lowest BCUT2D eigenvalue weighted by Crippen LogP contribution is -2.27. The van der Waals surface area contributed by atoms with E-state index in [2.05, 4.69) is 10.6 Å². The van der Waals surface area contributed by atoms with Gasteiger partial charge >= 0.3 is 0 Å². The predicted octanol–water partition coefficient (Wildman–Crippen LogP) is 1.38. The molecule has 0 bridgehead atoms. The molecular formula is C14H20N2O3. The molecule has 0 saturated carbocycles. The van der Waals surface area contributed by atoms with Crippen LogP contribution in [0, 0.1) is 0 Å². The van der Waals surface area contributed by atoms with Crippen LogP contribution < -0.4 is 15.4 Å². The van der Waals surface area contributed by atoms with E-state index in [9.17, 15) is 4.79 Å². The number of ether oxygens (including phenoxy) is 1. The van der Waals surface area contributed by atoms with Crippen molar-refractivity contribution in [3.05, 3.63) is 23.8 Å². The van der Waals surface area contributed by atoms with Crippen LogP contribution in [-0.2, 0) is 0 Å². The van der Waals surface area contributed by atoms with Crippen LogP contribution in [0.3, 0.4) is 0 Å². The van der Waals surface area contributed by atoms with Crippen molar-refractivity contribution < 1.29 is 14.6 Å². The summed E-state index contributed by atoms with van der Waals surface area (Å²) in [4.78, 5) is 12.1. The average molecular weight is 264 g/mol. The molecule has 0 radical (unpaired) electrons. The molecule has 1 atom stereocenters. The quantitative estimate of drug-likeness (QED) is 0.703. The molecule has 0 fully saturated rings. The van der Waals surface area contributed by atoms with E-state index in [0.717, 1.165) is 18.7 Å². The molecule has 104 valence electrons. The number of carbonyl (C=O) groups is 1. The van der Waals surface area contributed by atoms with Gasteiger partial charge < -0.3 is 20.5 Å². The van der Waals surface area contributed by atoms with Crippen molar-refractivity contribution in [1.82, 2.24) is 5.32 Å². The lowest BCUT2D eigenvalue weighted by atomic mass is 10.1. The molecular weight excluding hydrogens is 244 g/mol. The fraction of sp³-hybridized carbons (Fsp3) is 0.500. The number of para-hydroxylation sites is 1. The zero-order chi connectivity index (χ0) is 13.7. The van der Waals surface area contributed by atoms with E-state index in [4.69, 9.17) is 9.84 Å². The van der Waals surface area contributed by atoms with Crippen molar-refractivity contribution in [2.45, 2.75) is 25.9 Å². The Bertz CT molecular complexity index is 446. The van der Waals surface area contributed by atoms with E-state index < -0.39 is 0 Å². The number of carbonyl (C=O) groups excluding carboxylic acids is 1. The number of hydrogen-bond acceptors (Lipinski definition) is 4. The molecule has 1 unspecified atom stereocenters. The minimum atomic E-state index is -0.325.